The average molecular weight is 157 g/mol. The summed E-state index contributed by atoms with van der Waals surface area (Å²) in [5.74, 6) is 0. The molecule has 0 radical (unpaired) electrons. The summed E-state index contributed by atoms with van der Waals surface area (Å²) in [4.78, 5) is 8.36. The molecule has 0 aromatic carbocycles. The van der Waals surface area contributed by atoms with Crippen LogP contribution in [0.15, 0.2) is 0 Å². The number of hydrogen-bond acceptors (Lipinski definition) is 3. The minimum atomic E-state index is -1.50. The number of nitrogens with zero attached hydrogens (tertiary/aromatic N) is 1. The summed E-state index contributed by atoms with van der Waals surface area (Å²) in [5, 5.41) is 13.6. The summed E-state index contributed by atoms with van der Waals surface area (Å²) in [5.41, 5.74) is 0. The van der Waals surface area contributed by atoms with Crippen molar-refractivity contribution >= 4 is 63.8 Å². The van der Waals surface area contributed by atoms with Crippen LogP contribution in [0, 0.1) is 10.1 Å². The normalized spacial score (nSPS) is 3.43. The zero-order valence-corrected chi connectivity index (χ0v) is 3.64. The van der Waals surface area contributed by atoms with Crippen molar-refractivity contribution in [2.24, 2.45) is 0 Å². The van der Waals surface area contributed by atoms with Gasteiger partial charge in [-0.15, -0.1) is 22.5 Å². The molecule has 0 saturated carbocycles. The molecule has 0 amide bonds. The predicted octanol–water partition coefficient (Wildman–Crippen LogP) is -0.412. The molecule has 0 aliphatic carbocycles. The Balaban J connectivity index is -0.0000000150. The second kappa shape index (κ2) is 15.7. The number of halogens is 1. The van der Waals surface area contributed by atoms with Crippen molar-refractivity contribution in [2.75, 3.05) is 0 Å². The van der Waals surface area contributed by atoms with E-state index in [1.807, 2.05) is 0 Å². The molecule has 0 aromatic rings. The van der Waals surface area contributed by atoms with Gasteiger partial charge >= 0.3 is 51.4 Å². The molecule has 0 bridgehead atoms. The second-order valence-corrected chi connectivity index (χ2v) is 0.238. The van der Waals surface area contributed by atoms with Gasteiger partial charge in [0, 0.05) is 0 Å². The van der Waals surface area contributed by atoms with Gasteiger partial charge in [-0.3, -0.25) is 0 Å². The molecule has 7 heteroatoms. The molecule has 0 heterocycles. The van der Waals surface area contributed by atoms with Crippen LogP contribution >= 0.6 is 12.4 Å². The van der Waals surface area contributed by atoms with E-state index in [1.165, 1.54) is 0 Å². The third kappa shape index (κ3) is 155. The van der Waals surface area contributed by atoms with E-state index in [9.17, 15) is 0 Å². The summed E-state index contributed by atoms with van der Waals surface area (Å²) in [6, 6.07) is 0. The van der Waals surface area contributed by atoms with E-state index in [2.05, 4.69) is 0 Å². The van der Waals surface area contributed by atoms with E-state index < -0.39 is 5.09 Å². The SMILES string of the molecule is Cl.N.O=[N+]([O-])O.[KH]. The van der Waals surface area contributed by atoms with Gasteiger partial charge in [-0.05, 0) is 0 Å². The maximum atomic E-state index is 8.36. The molecule has 42 valence electrons. The molecule has 0 unspecified atom stereocenters. The van der Waals surface area contributed by atoms with Gasteiger partial charge in [0.2, 0.25) is 0 Å². The Morgan fingerprint density at radius 2 is 1.57 bits per heavy atom. The van der Waals surface area contributed by atoms with E-state index in [0.717, 1.165) is 0 Å². The summed E-state index contributed by atoms with van der Waals surface area (Å²) in [7, 11) is 0. The molecule has 7 heavy (non-hydrogen) atoms. The van der Waals surface area contributed by atoms with E-state index in [0.29, 0.717) is 0 Å². The van der Waals surface area contributed by atoms with E-state index >= 15 is 0 Å². The Morgan fingerprint density at radius 1 is 1.57 bits per heavy atom. The maximum absolute atomic E-state index is 8.36. The van der Waals surface area contributed by atoms with Crippen molar-refractivity contribution in [1.82, 2.24) is 6.15 Å². The van der Waals surface area contributed by atoms with Crippen LogP contribution in [0.4, 0.5) is 0 Å². The van der Waals surface area contributed by atoms with Gasteiger partial charge in [0.1, 0.15) is 0 Å². The Bertz CT molecular complexity index is 35.9. The van der Waals surface area contributed by atoms with Gasteiger partial charge in [0.05, 0.1) is 0 Å². The van der Waals surface area contributed by atoms with Crippen molar-refractivity contribution in [2.45, 2.75) is 0 Å². The Kier molecular flexibility index (Phi) is 54.6. The van der Waals surface area contributed by atoms with E-state index in [4.69, 9.17) is 15.3 Å². The molecular formula is H6ClKN2O3. The minimum absolute atomic E-state index is 0. The van der Waals surface area contributed by atoms with Crippen molar-refractivity contribution in [3.05, 3.63) is 10.1 Å². The molecule has 0 saturated heterocycles. The fourth-order valence-corrected chi connectivity index (χ4v) is 0. The Morgan fingerprint density at radius 3 is 1.57 bits per heavy atom. The van der Waals surface area contributed by atoms with Crippen LogP contribution in [0.2, 0.25) is 0 Å². The summed E-state index contributed by atoms with van der Waals surface area (Å²) < 4.78 is 0. The monoisotopic (exact) mass is 156 g/mol. The van der Waals surface area contributed by atoms with Crippen molar-refractivity contribution in [1.29, 1.82) is 0 Å². The summed E-state index contributed by atoms with van der Waals surface area (Å²) in [6.45, 7) is 0. The van der Waals surface area contributed by atoms with Gasteiger partial charge in [0.25, 0.3) is 5.09 Å². The first-order valence-corrected chi connectivity index (χ1v) is 0.565. The summed E-state index contributed by atoms with van der Waals surface area (Å²) in [6.07, 6.45) is 0. The molecule has 0 spiro atoms. The van der Waals surface area contributed by atoms with Gasteiger partial charge < -0.3 is 11.4 Å². The van der Waals surface area contributed by atoms with Gasteiger partial charge in [-0.1, -0.05) is 0 Å². The molecule has 5 nitrogen and oxygen atoms in total. The van der Waals surface area contributed by atoms with Crippen LogP contribution in [-0.2, 0) is 0 Å². The van der Waals surface area contributed by atoms with Crippen LogP contribution in [0.3, 0.4) is 0 Å². The van der Waals surface area contributed by atoms with Gasteiger partial charge in [-0.25, -0.2) is 0 Å². The van der Waals surface area contributed by atoms with Crippen molar-refractivity contribution in [3.63, 3.8) is 0 Å². The number of rotatable bonds is 0. The first-order chi connectivity index (χ1) is 1.73. The summed E-state index contributed by atoms with van der Waals surface area (Å²) >= 11 is 0. The molecule has 0 aromatic heterocycles. The Hall–Kier alpha value is 1.09. The molecule has 0 fully saturated rings. The predicted molar refractivity (Wildman–Crippen MR) is 28.2 cm³/mol. The van der Waals surface area contributed by atoms with Crippen molar-refractivity contribution < 1.29 is 10.3 Å². The first-order valence-electron chi connectivity index (χ1n) is 0.565. The fraction of sp³-hybridized carbons (Fsp3) is 0. The zero-order chi connectivity index (χ0) is 3.58. The van der Waals surface area contributed by atoms with Crippen LogP contribution in [0.1, 0.15) is 0 Å². The fourth-order valence-electron chi connectivity index (χ4n) is 0. The van der Waals surface area contributed by atoms with Crippen LogP contribution < -0.4 is 6.15 Å². The third-order valence-corrected chi connectivity index (χ3v) is 0. The van der Waals surface area contributed by atoms with E-state index in [1.54, 1.807) is 0 Å². The standard InChI is InChI=1S/ClH.K.HNO3.H3N.H/c;;2-1(3)4;;/h1H;;(H,2,3,4);1H3;. The molecule has 0 rings (SSSR count). The van der Waals surface area contributed by atoms with Crippen LogP contribution in [0.25, 0.3) is 0 Å². The second-order valence-electron chi connectivity index (χ2n) is 0.238. The molecule has 0 aliphatic rings. The Labute approximate surface area is 89.0 Å². The van der Waals surface area contributed by atoms with E-state index in [-0.39, 0.29) is 69.9 Å². The third-order valence-electron chi connectivity index (χ3n) is 0. The van der Waals surface area contributed by atoms with Crippen molar-refractivity contribution in [3.8, 4) is 0 Å². The van der Waals surface area contributed by atoms with Gasteiger partial charge in [0.15, 0.2) is 0 Å². The molecule has 4 N–H and O–H groups in total. The molecule has 0 aliphatic heterocycles. The first kappa shape index (κ1) is 24.3. The van der Waals surface area contributed by atoms with Crippen LogP contribution in [0.5, 0.6) is 0 Å². The molecule has 0 atom stereocenters. The quantitative estimate of drug-likeness (QED) is 0.283. The van der Waals surface area contributed by atoms with Crippen LogP contribution in [-0.4, -0.2) is 61.7 Å². The topological polar surface area (TPSA) is 98.4 Å². The number of hydrogen-bond donors (Lipinski definition) is 2. The molecular weight excluding hydrogens is 151 g/mol. The zero-order valence-electron chi connectivity index (χ0n) is 2.83. The van der Waals surface area contributed by atoms with Gasteiger partial charge in [-0.2, -0.15) is 0 Å². The average Bonchev–Trinajstić information content (AvgIpc) is 0.811.